The van der Waals surface area contributed by atoms with E-state index in [1.165, 1.54) is 35.1 Å². The summed E-state index contributed by atoms with van der Waals surface area (Å²) in [5, 5.41) is 0.831. The van der Waals surface area contributed by atoms with Crippen LogP contribution in [0, 0.1) is 12.8 Å². The van der Waals surface area contributed by atoms with Crippen molar-refractivity contribution in [2.75, 3.05) is 0 Å². The van der Waals surface area contributed by atoms with Crippen LogP contribution in [0.2, 0.25) is 5.02 Å². The molecule has 0 aliphatic rings. The smallest absolute Gasteiger partial charge is 0.0412 e. The minimum atomic E-state index is 0.756. The summed E-state index contributed by atoms with van der Waals surface area (Å²) < 4.78 is 0. The van der Waals surface area contributed by atoms with E-state index in [1.807, 2.05) is 6.07 Å². The molecule has 18 heavy (non-hydrogen) atoms. The largest absolute Gasteiger partial charge is 0.0843 e. The van der Waals surface area contributed by atoms with Crippen LogP contribution in [-0.2, 0) is 0 Å². The predicted octanol–water partition coefficient (Wildman–Crippen LogP) is 6.27. The first-order valence-electron chi connectivity index (χ1n) is 6.94. The van der Waals surface area contributed by atoms with Gasteiger partial charge in [0.25, 0.3) is 0 Å². The van der Waals surface area contributed by atoms with Gasteiger partial charge in [-0.25, -0.2) is 0 Å². The van der Waals surface area contributed by atoms with Gasteiger partial charge in [-0.3, -0.25) is 0 Å². The maximum Gasteiger partial charge on any atom is 0.0412 e. The van der Waals surface area contributed by atoms with Crippen molar-refractivity contribution in [1.82, 2.24) is 0 Å². The van der Waals surface area contributed by atoms with Gasteiger partial charge in [0.15, 0.2) is 0 Å². The van der Waals surface area contributed by atoms with Gasteiger partial charge in [0.2, 0.25) is 0 Å². The van der Waals surface area contributed by atoms with Crippen molar-refractivity contribution in [2.24, 2.45) is 5.92 Å². The molecule has 1 aromatic carbocycles. The Balaban J connectivity index is 3.15. The number of allylic oxidation sites excluding steroid dienone is 2. The van der Waals surface area contributed by atoms with E-state index in [2.05, 4.69) is 46.8 Å². The lowest BCUT2D eigenvalue weighted by Gasteiger charge is -2.16. The van der Waals surface area contributed by atoms with Gasteiger partial charge in [0.1, 0.15) is 0 Å². The molecule has 0 amide bonds. The number of benzene rings is 1. The van der Waals surface area contributed by atoms with Crippen LogP contribution in [0.15, 0.2) is 23.8 Å². The van der Waals surface area contributed by atoms with Crippen LogP contribution < -0.4 is 0 Å². The molecule has 0 aromatic heterocycles. The van der Waals surface area contributed by atoms with E-state index in [0.717, 1.165) is 17.4 Å². The number of hydrogen-bond acceptors (Lipinski definition) is 0. The third-order valence-electron chi connectivity index (χ3n) is 3.75. The highest BCUT2D eigenvalue weighted by Gasteiger charge is 2.10. The number of aryl methyl sites for hydroxylation is 1. The van der Waals surface area contributed by atoms with E-state index in [9.17, 15) is 0 Å². The molecule has 1 heteroatoms. The molecule has 0 saturated carbocycles. The van der Waals surface area contributed by atoms with Gasteiger partial charge >= 0.3 is 0 Å². The summed E-state index contributed by atoms with van der Waals surface area (Å²) in [6, 6.07) is 6.19. The van der Waals surface area contributed by atoms with Crippen molar-refractivity contribution >= 4 is 17.2 Å². The van der Waals surface area contributed by atoms with Gasteiger partial charge in [-0.15, -0.1) is 0 Å². The molecule has 0 bridgehead atoms. The van der Waals surface area contributed by atoms with E-state index < -0.39 is 0 Å². The molecular weight excluding hydrogens is 240 g/mol. The molecule has 0 spiro atoms. The van der Waals surface area contributed by atoms with Crippen molar-refractivity contribution in [3.63, 3.8) is 0 Å². The van der Waals surface area contributed by atoms with E-state index in [1.54, 1.807) is 0 Å². The summed E-state index contributed by atoms with van der Waals surface area (Å²) in [5.74, 6) is 0.756. The lowest BCUT2D eigenvalue weighted by Crippen LogP contribution is -1.98. The fourth-order valence-corrected chi connectivity index (χ4v) is 2.60. The standard InChI is InChI=1S/C17H25Cl/c1-6-12(3)10-14(5)16(7-2)17-11-15(18)9-8-13(17)4/h8-9,11-12H,6-7,10H2,1-5H3/b16-14+. The predicted molar refractivity (Wildman–Crippen MR) is 83.1 cm³/mol. The van der Waals surface area contributed by atoms with Crippen LogP contribution in [0.5, 0.6) is 0 Å². The van der Waals surface area contributed by atoms with Gasteiger partial charge < -0.3 is 0 Å². The highest BCUT2D eigenvalue weighted by Crippen LogP contribution is 2.30. The van der Waals surface area contributed by atoms with Crippen LogP contribution >= 0.6 is 11.6 Å². The van der Waals surface area contributed by atoms with Crippen molar-refractivity contribution in [3.05, 3.63) is 39.9 Å². The van der Waals surface area contributed by atoms with Gasteiger partial charge in [-0.05, 0) is 61.4 Å². The fourth-order valence-electron chi connectivity index (χ4n) is 2.43. The summed E-state index contributed by atoms with van der Waals surface area (Å²) >= 11 is 6.13. The zero-order chi connectivity index (χ0) is 13.7. The molecule has 1 aromatic rings. The molecule has 1 unspecified atom stereocenters. The minimum absolute atomic E-state index is 0.756. The van der Waals surface area contributed by atoms with Crippen LogP contribution in [0.4, 0.5) is 0 Å². The quantitative estimate of drug-likeness (QED) is 0.588. The van der Waals surface area contributed by atoms with Gasteiger partial charge in [0, 0.05) is 5.02 Å². The molecule has 0 saturated heterocycles. The Labute approximate surface area is 117 Å². The third kappa shape index (κ3) is 3.88. The fraction of sp³-hybridized carbons (Fsp3) is 0.529. The molecule has 100 valence electrons. The summed E-state index contributed by atoms with van der Waals surface area (Å²) in [6.45, 7) is 11.2. The monoisotopic (exact) mass is 264 g/mol. The lowest BCUT2D eigenvalue weighted by atomic mass is 9.90. The summed E-state index contributed by atoms with van der Waals surface area (Å²) in [7, 11) is 0. The van der Waals surface area contributed by atoms with E-state index in [-0.39, 0.29) is 0 Å². The Morgan fingerprint density at radius 2 is 1.94 bits per heavy atom. The van der Waals surface area contributed by atoms with Crippen LogP contribution in [0.1, 0.15) is 58.1 Å². The summed E-state index contributed by atoms with van der Waals surface area (Å²) in [6.07, 6.45) is 3.50. The van der Waals surface area contributed by atoms with Crippen molar-refractivity contribution < 1.29 is 0 Å². The van der Waals surface area contributed by atoms with E-state index in [4.69, 9.17) is 11.6 Å². The van der Waals surface area contributed by atoms with Gasteiger partial charge in [-0.2, -0.15) is 0 Å². The van der Waals surface area contributed by atoms with Crippen molar-refractivity contribution in [1.29, 1.82) is 0 Å². The Morgan fingerprint density at radius 1 is 1.28 bits per heavy atom. The molecule has 1 rings (SSSR count). The number of halogens is 1. The molecule has 1 atom stereocenters. The topological polar surface area (TPSA) is 0 Å². The maximum atomic E-state index is 6.13. The van der Waals surface area contributed by atoms with Gasteiger partial charge in [-0.1, -0.05) is 50.4 Å². The first-order chi connectivity index (χ1) is 8.49. The zero-order valence-corrected chi connectivity index (χ0v) is 13.1. The molecule has 0 heterocycles. The summed E-state index contributed by atoms with van der Waals surface area (Å²) in [5.41, 5.74) is 5.62. The molecular formula is C17H25Cl. The first-order valence-corrected chi connectivity index (χ1v) is 7.32. The highest BCUT2D eigenvalue weighted by atomic mass is 35.5. The third-order valence-corrected chi connectivity index (χ3v) is 3.98. The average molecular weight is 265 g/mol. The Hall–Kier alpha value is -0.750. The first kappa shape index (κ1) is 15.3. The van der Waals surface area contributed by atoms with Crippen LogP contribution in [0.3, 0.4) is 0 Å². The number of hydrogen-bond donors (Lipinski definition) is 0. The average Bonchev–Trinajstić information content (AvgIpc) is 2.34. The van der Waals surface area contributed by atoms with Crippen molar-refractivity contribution in [2.45, 2.75) is 53.9 Å². The molecule has 0 fully saturated rings. The number of rotatable bonds is 5. The normalized spacial score (nSPS) is 14.3. The van der Waals surface area contributed by atoms with Gasteiger partial charge in [0.05, 0.1) is 0 Å². The molecule has 0 aliphatic heterocycles. The zero-order valence-electron chi connectivity index (χ0n) is 12.3. The molecule has 0 nitrogen and oxygen atoms in total. The Bertz CT molecular complexity index is 429. The molecule has 0 N–H and O–H groups in total. The lowest BCUT2D eigenvalue weighted by molar-refractivity contribution is 0.557. The Morgan fingerprint density at radius 3 is 2.50 bits per heavy atom. The van der Waals surface area contributed by atoms with E-state index >= 15 is 0 Å². The Kier molecular flexibility index (Phi) is 5.95. The van der Waals surface area contributed by atoms with Crippen LogP contribution in [-0.4, -0.2) is 0 Å². The molecule has 0 radical (unpaired) electrons. The summed E-state index contributed by atoms with van der Waals surface area (Å²) in [4.78, 5) is 0. The minimum Gasteiger partial charge on any atom is -0.0843 e. The van der Waals surface area contributed by atoms with Crippen molar-refractivity contribution in [3.8, 4) is 0 Å². The second kappa shape index (κ2) is 6.99. The SMILES string of the molecule is CC/C(=C(/C)CC(C)CC)c1cc(Cl)ccc1C. The second-order valence-electron chi connectivity index (χ2n) is 5.29. The maximum absolute atomic E-state index is 6.13. The second-order valence-corrected chi connectivity index (χ2v) is 5.73. The van der Waals surface area contributed by atoms with Crippen LogP contribution in [0.25, 0.3) is 5.57 Å². The molecule has 0 aliphatic carbocycles. The van der Waals surface area contributed by atoms with E-state index in [0.29, 0.717) is 0 Å². The highest BCUT2D eigenvalue weighted by molar-refractivity contribution is 6.30.